The Balaban J connectivity index is 0. The third-order valence-electron chi connectivity index (χ3n) is 2.45. The van der Waals surface area contributed by atoms with Crippen LogP contribution in [0.3, 0.4) is 0 Å². The van der Waals surface area contributed by atoms with Gasteiger partial charge in [0.15, 0.2) is 5.96 Å². The van der Waals surface area contributed by atoms with E-state index in [-0.39, 0.29) is 54.8 Å². The molecule has 0 aromatic carbocycles. The molecule has 0 aromatic rings. The number of ether oxygens (including phenoxy) is 1. The van der Waals surface area contributed by atoms with Crippen LogP contribution < -0.4 is 57.6 Å². The average molecular weight is 325 g/mol. The number of aliphatic carboxylic acids is 1. The number of esters is 2. The van der Waals surface area contributed by atoms with Gasteiger partial charge in [-0.25, -0.2) is 4.79 Å². The zero-order valence-corrected chi connectivity index (χ0v) is 14.5. The number of aliphatic imine (C=N–C) groups is 1. The van der Waals surface area contributed by atoms with Crippen LogP contribution in [0.15, 0.2) is 4.99 Å². The molecule has 0 spiro atoms. The summed E-state index contributed by atoms with van der Waals surface area (Å²) in [6.07, 6.45) is 0.176. The van der Waals surface area contributed by atoms with Gasteiger partial charge < -0.3 is 37.6 Å². The Kier molecular flexibility index (Phi) is 13.0. The Morgan fingerprint density at radius 1 is 1.09 bits per heavy atom. The molecule has 0 heterocycles. The van der Waals surface area contributed by atoms with Crippen molar-refractivity contribution in [3.05, 3.63) is 0 Å². The van der Waals surface area contributed by atoms with Crippen molar-refractivity contribution in [2.75, 3.05) is 6.54 Å². The van der Waals surface area contributed by atoms with Gasteiger partial charge in [-0.1, -0.05) is 0 Å². The van der Waals surface area contributed by atoms with Crippen LogP contribution in [0.1, 0.15) is 25.7 Å². The number of carboxylic acids is 1. The third-order valence-corrected chi connectivity index (χ3v) is 2.45. The number of carbonyl (C=O) groups excluding carboxylic acids is 3. The van der Waals surface area contributed by atoms with Gasteiger partial charge in [-0.3, -0.25) is 9.79 Å². The molecule has 0 radical (unpaired) electrons. The first kappa shape index (κ1) is 23.1. The summed E-state index contributed by atoms with van der Waals surface area (Å²) in [4.78, 5) is 36.8. The summed E-state index contributed by atoms with van der Waals surface area (Å²) < 4.78 is 4.46. The van der Waals surface area contributed by atoms with Gasteiger partial charge in [0.1, 0.15) is 6.04 Å². The third kappa shape index (κ3) is 11.5. The Morgan fingerprint density at radius 3 is 2.18 bits per heavy atom. The molecule has 8 N–H and O–H groups in total. The van der Waals surface area contributed by atoms with E-state index in [0.717, 1.165) is 0 Å². The predicted molar refractivity (Wildman–Crippen MR) is 71.2 cm³/mol. The number of guanidine groups is 1. The summed E-state index contributed by atoms with van der Waals surface area (Å²) in [5.74, 6) is -3.33. The fourth-order valence-corrected chi connectivity index (χ4v) is 1.27. The van der Waals surface area contributed by atoms with E-state index in [0.29, 0.717) is 13.0 Å². The molecule has 0 aliphatic carbocycles. The number of carboxylic acid groups (broad SMARTS) is 1. The molecule has 0 saturated heterocycles. The van der Waals surface area contributed by atoms with Crippen LogP contribution in [-0.4, -0.2) is 42.5 Å². The van der Waals surface area contributed by atoms with Crippen LogP contribution >= 0.6 is 0 Å². The monoisotopic (exact) mass is 325 g/mol. The molecule has 2 atom stereocenters. The molecule has 0 aliphatic rings. The first-order valence-electron chi connectivity index (χ1n) is 6.26. The van der Waals surface area contributed by atoms with Crippen molar-refractivity contribution in [1.29, 1.82) is 0 Å². The molecular formula is C11H20N5NaO5. The second-order valence-corrected chi connectivity index (χ2v) is 4.31. The number of rotatable bonds is 9. The number of hydrogen-bond acceptors (Lipinski definition) is 8. The maximum Gasteiger partial charge on any atom is 1.00 e. The van der Waals surface area contributed by atoms with E-state index in [1.165, 1.54) is 0 Å². The van der Waals surface area contributed by atoms with Gasteiger partial charge in [0.05, 0.1) is 5.97 Å². The predicted octanol–water partition coefficient (Wildman–Crippen LogP) is -6.70. The molecule has 0 aromatic heterocycles. The van der Waals surface area contributed by atoms with E-state index in [1.54, 1.807) is 0 Å². The SMILES string of the molecule is NC(N)=NCCC[C@H](N)C(=O)OC(=O)CC[C@H](N)C(=O)[O-].[Na+]. The van der Waals surface area contributed by atoms with Crippen molar-refractivity contribution in [2.45, 2.75) is 37.8 Å². The van der Waals surface area contributed by atoms with Crippen molar-refractivity contribution < 1.29 is 53.8 Å². The molecule has 0 amide bonds. The van der Waals surface area contributed by atoms with E-state index >= 15 is 0 Å². The smallest absolute Gasteiger partial charge is 0.548 e. The van der Waals surface area contributed by atoms with Gasteiger partial charge in [-0.05, 0) is 19.3 Å². The van der Waals surface area contributed by atoms with Gasteiger partial charge in [0, 0.05) is 19.0 Å². The molecule has 11 heteroatoms. The van der Waals surface area contributed by atoms with Gasteiger partial charge in [0.25, 0.3) is 0 Å². The summed E-state index contributed by atoms with van der Waals surface area (Å²) in [5, 5.41) is 10.3. The van der Waals surface area contributed by atoms with E-state index in [9.17, 15) is 19.5 Å². The maximum absolute atomic E-state index is 11.4. The number of nitrogens with zero attached hydrogens (tertiary/aromatic N) is 1. The number of nitrogens with two attached hydrogens (primary N) is 4. The molecule has 22 heavy (non-hydrogen) atoms. The Bertz CT molecular complexity index is 414. The maximum atomic E-state index is 11.4. The van der Waals surface area contributed by atoms with Gasteiger partial charge >= 0.3 is 41.5 Å². The molecule has 0 fully saturated rings. The second kappa shape index (κ2) is 12.4. The van der Waals surface area contributed by atoms with Crippen LogP contribution in [0.5, 0.6) is 0 Å². The molecule has 0 saturated carbocycles. The molecule has 0 bridgehead atoms. The minimum absolute atomic E-state index is 0. The van der Waals surface area contributed by atoms with Crippen LogP contribution in [0.25, 0.3) is 0 Å². The Morgan fingerprint density at radius 2 is 1.68 bits per heavy atom. The zero-order chi connectivity index (χ0) is 16.4. The minimum Gasteiger partial charge on any atom is -0.548 e. The standard InChI is InChI=1S/C11H21N5O5.Na/c12-6(9(18)19)3-4-8(17)21-10(20)7(13)2-1-5-16-11(14)15;/h6-7H,1-5,12-13H2,(H,18,19)(H4,14,15,16);/q;+1/p-1/t6-,7-;/m0./s1. The molecule has 120 valence electrons. The van der Waals surface area contributed by atoms with Crippen molar-refractivity contribution in [3.8, 4) is 0 Å². The summed E-state index contributed by atoms with van der Waals surface area (Å²) in [6, 6.07) is -2.28. The number of hydrogen-bond donors (Lipinski definition) is 4. The van der Waals surface area contributed by atoms with Crippen LogP contribution in [-0.2, 0) is 19.1 Å². The van der Waals surface area contributed by atoms with Crippen LogP contribution in [0, 0.1) is 0 Å². The molecule has 10 nitrogen and oxygen atoms in total. The topological polar surface area (TPSA) is 200 Å². The van der Waals surface area contributed by atoms with Gasteiger partial charge in [-0.15, -0.1) is 0 Å². The van der Waals surface area contributed by atoms with E-state index < -0.39 is 30.0 Å². The van der Waals surface area contributed by atoms with Crippen molar-refractivity contribution in [1.82, 2.24) is 0 Å². The quantitative estimate of drug-likeness (QED) is 0.0793. The average Bonchev–Trinajstić information content (AvgIpc) is 2.40. The molecule has 0 aliphatic heterocycles. The van der Waals surface area contributed by atoms with E-state index in [4.69, 9.17) is 22.9 Å². The number of carbonyl (C=O) groups is 3. The molecule has 0 rings (SSSR count). The molecule has 0 unspecified atom stereocenters. The Hall–Kier alpha value is -1.20. The van der Waals surface area contributed by atoms with Crippen LogP contribution in [0.2, 0.25) is 0 Å². The second-order valence-electron chi connectivity index (χ2n) is 4.31. The summed E-state index contributed by atoms with van der Waals surface area (Å²) in [5.41, 5.74) is 20.9. The first-order valence-corrected chi connectivity index (χ1v) is 6.26. The van der Waals surface area contributed by atoms with Crippen molar-refractivity contribution in [2.24, 2.45) is 27.9 Å². The zero-order valence-electron chi connectivity index (χ0n) is 12.5. The fourth-order valence-electron chi connectivity index (χ4n) is 1.27. The largest absolute Gasteiger partial charge is 1.00 e. The normalized spacial score (nSPS) is 12.5. The van der Waals surface area contributed by atoms with Gasteiger partial charge in [0.2, 0.25) is 0 Å². The summed E-state index contributed by atoms with van der Waals surface area (Å²) in [6.45, 7) is 0.303. The van der Waals surface area contributed by atoms with Gasteiger partial charge in [-0.2, -0.15) is 0 Å². The van der Waals surface area contributed by atoms with Crippen LogP contribution in [0.4, 0.5) is 0 Å². The summed E-state index contributed by atoms with van der Waals surface area (Å²) >= 11 is 0. The van der Waals surface area contributed by atoms with E-state index in [1.807, 2.05) is 0 Å². The fraction of sp³-hybridized carbons (Fsp3) is 0.636. The minimum atomic E-state index is -1.48. The first-order chi connectivity index (χ1) is 9.73. The van der Waals surface area contributed by atoms with Crippen molar-refractivity contribution >= 4 is 23.9 Å². The Labute approximate surface area is 149 Å². The summed E-state index contributed by atoms with van der Waals surface area (Å²) in [7, 11) is 0. The molecular weight excluding hydrogens is 305 g/mol. The van der Waals surface area contributed by atoms with Crippen molar-refractivity contribution in [3.63, 3.8) is 0 Å². The van der Waals surface area contributed by atoms with E-state index in [2.05, 4.69) is 9.73 Å².